The molecule has 2 aromatic rings. The summed E-state index contributed by atoms with van der Waals surface area (Å²) in [4.78, 5) is 17.8. The highest BCUT2D eigenvalue weighted by Gasteiger charge is 2.13. The molecule has 0 radical (unpaired) electrons. The molecule has 3 rings (SSSR count). The molecule has 0 bridgehead atoms. The lowest BCUT2D eigenvalue weighted by atomic mass is 10.1. The van der Waals surface area contributed by atoms with Crippen molar-refractivity contribution >= 4 is 17.5 Å². The number of hydrogen-bond acceptors (Lipinski definition) is 5. The number of anilines is 2. The van der Waals surface area contributed by atoms with Gasteiger partial charge in [-0.25, -0.2) is 9.78 Å². The molecule has 0 saturated carbocycles. The second kappa shape index (κ2) is 7.11. The Hall–Kier alpha value is -2.60. The predicted molar refractivity (Wildman–Crippen MR) is 88.0 cm³/mol. The van der Waals surface area contributed by atoms with Gasteiger partial charge in [0.25, 0.3) is 0 Å². The topological polar surface area (TPSA) is 74.7 Å². The van der Waals surface area contributed by atoms with Gasteiger partial charge in [-0.15, -0.1) is 0 Å². The number of benzene rings is 1. The quantitative estimate of drug-likeness (QED) is 0.882. The van der Waals surface area contributed by atoms with Gasteiger partial charge in [0.15, 0.2) is 0 Å². The third-order valence-electron chi connectivity index (χ3n) is 3.79. The summed E-state index contributed by atoms with van der Waals surface area (Å²) < 4.78 is 5.35. The highest BCUT2D eigenvalue weighted by Crippen LogP contribution is 2.18. The molecule has 0 unspecified atom stereocenters. The Labute approximate surface area is 134 Å². The smallest absolute Gasteiger partial charge is 0.337 e. The number of rotatable bonds is 5. The van der Waals surface area contributed by atoms with E-state index in [1.807, 2.05) is 18.2 Å². The molecule has 6 heteroatoms. The molecule has 23 heavy (non-hydrogen) atoms. The van der Waals surface area contributed by atoms with Crippen molar-refractivity contribution in [1.82, 2.24) is 4.98 Å². The number of morpholine rings is 1. The fraction of sp³-hybridized carbons (Fsp3) is 0.294. The summed E-state index contributed by atoms with van der Waals surface area (Å²) in [6.07, 6.45) is 1.78. The van der Waals surface area contributed by atoms with Crippen molar-refractivity contribution in [3.63, 3.8) is 0 Å². The maximum atomic E-state index is 11.2. The fourth-order valence-electron chi connectivity index (χ4n) is 2.56. The molecule has 2 N–H and O–H groups in total. The maximum Gasteiger partial charge on any atom is 0.337 e. The van der Waals surface area contributed by atoms with Crippen LogP contribution in [-0.2, 0) is 11.3 Å². The summed E-state index contributed by atoms with van der Waals surface area (Å²) in [6, 6.07) is 10.9. The van der Waals surface area contributed by atoms with Crippen LogP contribution in [0.15, 0.2) is 42.6 Å². The first-order valence-corrected chi connectivity index (χ1v) is 7.58. The van der Waals surface area contributed by atoms with E-state index in [2.05, 4.69) is 15.2 Å². The van der Waals surface area contributed by atoms with Crippen LogP contribution in [0.5, 0.6) is 0 Å². The molecular weight excluding hydrogens is 294 g/mol. The Morgan fingerprint density at radius 2 is 2.04 bits per heavy atom. The largest absolute Gasteiger partial charge is 0.478 e. The third kappa shape index (κ3) is 3.78. The number of ether oxygens (including phenoxy) is 1. The number of carbonyl (C=O) groups is 1. The Bertz CT molecular complexity index is 684. The molecule has 120 valence electrons. The molecule has 0 atom stereocenters. The molecule has 1 aromatic carbocycles. The van der Waals surface area contributed by atoms with E-state index in [0.29, 0.717) is 12.2 Å². The summed E-state index contributed by atoms with van der Waals surface area (Å²) in [5, 5.41) is 12.4. The Morgan fingerprint density at radius 3 is 2.83 bits per heavy atom. The van der Waals surface area contributed by atoms with Crippen LogP contribution in [0, 0.1) is 0 Å². The standard InChI is InChI=1S/C17H19N3O3/c21-17(22)14-3-1-2-4-15(14)19-12-13-5-6-18-16(11-13)20-7-9-23-10-8-20/h1-6,11,19H,7-10,12H2,(H,21,22). The zero-order valence-corrected chi connectivity index (χ0v) is 12.7. The van der Waals surface area contributed by atoms with E-state index in [9.17, 15) is 9.90 Å². The first-order chi connectivity index (χ1) is 11.2. The SMILES string of the molecule is O=C(O)c1ccccc1NCc1ccnc(N2CCOCC2)c1. The number of para-hydroxylation sites is 1. The Kier molecular flexibility index (Phi) is 4.73. The zero-order valence-electron chi connectivity index (χ0n) is 12.7. The number of nitrogens with one attached hydrogen (secondary N) is 1. The van der Waals surface area contributed by atoms with E-state index in [4.69, 9.17) is 4.74 Å². The van der Waals surface area contributed by atoms with E-state index < -0.39 is 5.97 Å². The van der Waals surface area contributed by atoms with Gasteiger partial charge in [-0.3, -0.25) is 0 Å². The Morgan fingerprint density at radius 1 is 1.26 bits per heavy atom. The summed E-state index contributed by atoms with van der Waals surface area (Å²) in [7, 11) is 0. The number of aromatic carboxylic acids is 1. The molecule has 1 fully saturated rings. The number of pyridine rings is 1. The van der Waals surface area contributed by atoms with E-state index in [1.54, 1.807) is 24.4 Å². The lowest BCUT2D eigenvalue weighted by molar-refractivity contribution is 0.0698. The third-order valence-corrected chi connectivity index (χ3v) is 3.79. The van der Waals surface area contributed by atoms with E-state index >= 15 is 0 Å². The average Bonchev–Trinajstić information content (AvgIpc) is 2.61. The van der Waals surface area contributed by atoms with Crippen molar-refractivity contribution in [3.05, 3.63) is 53.7 Å². The van der Waals surface area contributed by atoms with Gasteiger partial charge in [0.2, 0.25) is 0 Å². The lowest BCUT2D eigenvalue weighted by Gasteiger charge is -2.28. The van der Waals surface area contributed by atoms with Crippen molar-refractivity contribution in [1.29, 1.82) is 0 Å². The minimum Gasteiger partial charge on any atom is -0.478 e. The van der Waals surface area contributed by atoms with Gasteiger partial charge in [0.1, 0.15) is 5.82 Å². The number of aromatic nitrogens is 1. The second-order valence-electron chi connectivity index (χ2n) is 5.33. The number of nitrogens with zero attached hydrogens (tertiary/aromatic N) is 2. The molecule has 1 aromatic heterocycles. The van der Waals surface area contributed by atoms with Crippen LogP contribution in [-0.4, -0.2) is 42.4 Å². The van der Waals surface area contributed by atoms with Gasteiger partial charge in [0, 0.05) is 31.5 Å². The van der Waals surface area contributed by atoms with Gasteiger partial charge in [-0.2, -0.15) is 0 Å². The van der Waals surface area contributed by atoms with Crippen molar-refractivity contribution in [2.24, 2.45) is 0 Å². The average molecular weight is 313 g/mol. The summed E-state index contributed by atoms with van der Waals surface area (Å²) in [5.74, 6) is -0.00375. The lowest BCUT2D eigenvalue weighted by Crippen LogP contribution is -2.36. The molecular formula is C17H19N3O3. The monoisotopic (exact) mass is 313 g/mol. The predicted octanol–water partition coefficient (Wildman–Crippen LogP) is 2.23. The maximum absolute atomic E-state index is 11.2. The summed E-state index contributed by atoms with van der Waals surface area (Å²) >= 11 is 0. The minimum atomic E-state index is -0.933. The van der Waals surface area contributed by atoms with Crippen LogP contribution >= 0.6 is 0 Å². The molecule has 1 aliphatic rings. The zero-order chi connectivity index (χ0) is 16.1. The van der Waals surface area contributed by atoms with Gasteiger partial charge in [-0.05, 0) is 29.8 Å². The first kappa shape index (κ1) is 15.3. The summed E-state index contributed by atoms with van der Waals surface area (Å²) in [5.41, 5.74) is 1.95. The first-order valence-electron chi connectivity index (χ1n) is 7.58. The van der Waals surface area contributed by atoms with Crippen molar-refractivity contribution in [3.8, 4) is 0 Å². The van der Waals surface area contributed by atoms with Gasteiger partial charge in [0.05, 0.1) is 18.8 Å². The molecule has 0 amide bonds. The summed E-state index contributed by atoms with van der Waals surface area (Å²) in [6.45, 7) is 3.66. The Balaban J connectivity index is 1.70. The van der Waals surface area contributed by atoms with Crippen LogP contribution in [0.4, 0.5) is 11.5 Å². The molecule has 0 aliphatic carbocycles. The number of hydrogen-bond donors (Lipinski definition) is 2. The number of carboxylic acid groups (broad SMARTS) is 1. The van der Waals surface area contributed by atoms with E-state index in [0.717, 1.165) is 37.7 Å². The highest BCUT2D eigenvalue weighted by molar-refractivity contribution is 5.94. The fourth-order valence-corrected chi connectivity index (χ4v) is 2.56. The van der Waals surface area contributed by atoms with Crippen LogP contribution in [0.3, 0.4) is 0 Å². The normalized spacial score (nSPS) is 14.5. The number of carboxylic acids is 1. The molecule has 6 nitrogen and oxygen atoms in total. The molecule has 1 aliphatic heterocycles. The highest BCUT2D eigenvalue weighted by atomic mass is 16.5. The van der Waals surface area contributed by atoms with Gasteiger partial charge in [-0.1, -0.05) is 12.1 Å². The van der Waals surface area contributed by atoms with Gasteiger partial charge < -0.3 is 20.1 Å². The van der Waals surface area contributed by atoms with Crippen LogP contribution in [0.25, 0.3) is 0 Å². The van der Waals surface area contributed by atoms with E-state index in [-0.39, 0.29) is 5.56 Å². The van der Waals surface area contributed by atoms with Gasteiger partial charge >= 0.3 is 5.97 Å². The van der Waals surface area contributed by atoms with E-state index in [1.165, 1.54) is 0 Å². The van der Waals surface area contributed by atoms with Crippen LogP contribution in [0.1, 0.15) is 15.9 Å². The van der Waals surface area contributed by atoms with Crippen molar-refractivity contribution < 1.29 is 14.6 Å². The molecule has 2 heterocycles. The van der Waals surface area contributed by atoms with Crippen molar-refractivity contribution in [2.45, 2.75) is 6.54 Å². The molecule has 0 spiro atoms. The van der Waals surface area contributed by atoms with Crippen LogP contribution in [0.2, 0.25) is 0 Å². The minimum absolute atomic E-state index is 0.273. The second-order valence-corrected chi connectivity index (χ2v) is 5.33. The van der Waals surface area contributed by atoms with Crippen LogP contribution < -0.4 is 10.2 Å². The molecule has 1 saturated heterocycles. The van der Waals surface area contributed by atoms with Crippen molar-refractivity contribution in [2.75, 3.05) is 36.5 Å².